The summed E-state index contributed by atoms with van der Waals surface area (Å²) in [5, 5.41) is 8.68. The van der Waals surface area contributed by atoms with Crippen LogP contribution in [0.3, 0.4) is 0 Å². The summed E-state index contributed by atoms with van der Waals surface area (Å²) in [4.78, 5) is 22.7. The molecule has 0 unspecified atom stereocenters. The first-order chi connectivity index (χ1) is 10.7. The number of carbonyl (C=O) groups is 1. The number of likely N-dealkylation sites (tertiary alicyclic amines) is 1. The number of carbonyl (C=O) groups excluding carboxylic acids is 1. The average Bonchev–Trinajstić information content (AvgIpc) is 3.32. The van der Waals surface area contributed by atoms with Crippen LogP contribution in [0.1, 0.15) is 25.7 Å². The molecule has 1 saturated heterocycles. The van der Waals surface area contributed by atoms with Gasteiger partial charge in [0.15, 0.2) is 5.65 Å². The van der Waals surface area contributed by atoms with Crippen molar-refractivity contribution in [2.45, 2.75) is 31.7 Å². The van der Waals surface area contributed by atoms with Crippen molar-refractivity contribution in [3.05, 3.63) is 12.5 Å². The zero-order valence-electron chi connectivity index (χ0n) is 12.7. The van der Waals surface area contributed by atoms with Crippen LogP contribution in [-0.4, -0.2) is 49.7 Å². The van der Waals surface area contributed by atoms with E-state index >= 15 is 0 Å². The lowest BCUT2D eigenvalue weighted by Crippen LogP contribution is -2.43. The highest BCUT2D eigenvalue weighted by Crippen LogP contribution is 2.32. The van der Waals surface area contributed by atoms with Gasteiger partial charge in [0.05, 0.1) is 11.6 Å². The Balaban J connectivity index is 1.42. The van der Waals surface area contributed by atoms with Gasteiger partial charge in [0.1, 0.15) is 12.1 Å². The number of nitrogens with one attached hydrogen (secondary N) is 1. The van der Waals surface area contributed by atoms with Gasteiger partial charge in [0.2, 0.25) is 5.91 Å². The van der Waals surface area contributed by atoms with Crippen molar-refractivity contribution in [2.75, 3.05) is 18.4 Å². The maximum absolute atomic E-state index is 12.1. The molecule has 0 aromatic carbocycles. The minimum absolute atomic E-state index is 0.321. The molecule has 0 atom stereocenters. The molecule has 4 rings (SSSR count). The van der Waals surface area contributed by atoms with E-state index in [0.29, 0.717) is 17.9 Å². The van der Waals surface area contributed by atoms with Crippen LogP contribution < -0.4 is 5.32 Å². The van der Waals surface area contributed by atoms with Crippen LogP contribution in [0.5, 0.6) is 0 Å². The third-order valence-corrected chi connectivity index (χ3v) is 4.60. The van der Waals surface area contributed by atoms with Gasteiger partial charge in [-0.1, -0.05) is 0 Å². The zero-order chi connectivity index (χ0) is 15.1. The molecule has 2 fully saturated rings. The summed E-state index contributed by atoms with van der Waals surface area (Å²) in [7, 11) is 1.88. The molecule has 116 valence electrons. The fourth-order valence-corrected chi connectivity index (χ4v) is 3.10. The van der Waals surface area contributed by atoms with E-state index in [-0.39, 0.29) is 0 Å². The second kappa shape index (κ2) is 5.23. The molecule has 7 heteroatoms. The number of hydrogen-bond acceptors (Lipinski definition) is 5. The highest BCUT2D eigenvalue weighted by molar-refractivity contribution is 5.86. The molecule has 3 heterocycles. The quantitative estimate of drug-likeness (QED) is 0.921. The number of hydrogen-bond donors (Lipinski definition) is 1. The molecule has 1 amide bonds. The number of anilines is 1. The van der Waals surface area contributed by atoms with Gasteiger partial charge in [-0.2, -0.15) is 5.10 Å². The first kappa shape index (κ1) is 13.5. The molecule has 7 nitrogen and oxygen atoms in total. The monoisotopic (exact) mass is 300 g/mol. The second-order valence-electron chi connectivity index (χ2n) is 6.25. The molecule has 1 aliphatic carbocycles. The van der Waals surface area contributed by atoms with Crippen LogP contribution in [0.2, 0.25) is 0 Å². The maximum atomic E-state index is 12.1. The Hall–Kier alpha value is -2.18. The summed E-state index contributed by atoms with van der Waals surface area (Å²) in [6.07, 6.45) is 7.45. The Morgan fingerprint density at radius 1 is 1.23 bits per heavy atom. The fourth-order valence-electron chi connectivity index (χ4n) is 3.10. The maximum Gasteiger partial charge on any atom is 0.225 e. The summed E-state index contributed by atoms with van der Waals surface area (Å²) >= 11 is 0. The predicted molar refractivity (Wildman–Crippen MR) is 82.3 cm³/mol. The van der Waals surface area contributed by atoms with E-state index in [9.17, 15) is 4.79 Å². The molecule has 0 radical (unpaired) electrons. The van der Waals surface area contributed by atoms with E-state index in [4.69, 9.17) is 0 Å². The van der Waals surface area contributed by atoms with Crippen molar-refractivity contribution in [3.63, 3.8) is 0 Å². The number of amides is 1. The van der Waals surface area contributed by atoms with Gasteiger partial charge in [-0.05, 0) is 25.7 Å². The summed E-state index contributed by atoms with van der Waals surface area (Å²) in [5.74, 6) is 1.52. The van der Waals surface area contributed by atoms with Crippen LogP contribution in [0.4, 0.5) is 5.82 Å². The number of aryl methyl sites for hydroxylation is 1. The first-order valence-corrected chi connectivity index (χ1v) is 7.90. The summed E-state index contributed by atoms with van der Waals surface area (Å²) in [6.45, 7) is 1.68. The van der Waals surface area contributed by atoms with Crippen molar-refractivity contribution >= 4 is 22.8 Å². The minimum Gasteiger partial charge on any atom is -0.366 e. The van der Waals surface area contributed by atoms with E-state index < -0.39 is 0 Å². The molecule has 1 aliphatic heterocycles. The topological polar surface area (TPSA) is 75.9 Å². The molecule has 2 aromatic heterocycles. The number of rotatable bonds is 3. The van der Waals surface area contributed by atoms with Crippen molar-refractivity contribution in [1.82, 2.24) is 24.6 Å². The SMILES string of the molecule is Cn1ncc2c(NC3CCN(C(=O)C4CC4)CC3)ncnc21. The molecule has 1 N–H and O–H groups in total. The Kier molecular flexibility index (Phi) is 3.20. The Morgan fingerprint density at radius 2 is 2.00 bits per heavy atom. The van der Waals surface area contributed by atoms with Gasteiger partial charge >= 0.3 is 0 Å². The van der Waals surface area contributed by atoms with Gasteiger partial charge in [-0.15, -0.1) is 0 Å². The lowest BCUT2D eigenvalue weighted by molar-refractivity contribution is -0.133. The van der Waals surface area contributed by atoms with Gasteiger partial charge in [0, 0.05) is 32.1 Å². The predicted octanol–water partition coefficient (Wildman–Crippen LogP) is 1.18. The molecular formula is C15H20N6O. The van der Waals surface area contributed by atoms with Crippen molar-refractivity contribution in [1.29, 1.82) is 0 Å². The highest BCUT2D eigenvalue weighted by Gasteiger charge is 2.34. The van der Waals surface area contributed by atoms with Crippen molar-refractivity contribution < 1.29 is 4.79 Å². The van der Waals surface area contributed by atoms with E-state index in [2.05, 4.69) is 20.4 Å². The number of aromatic nitrogens is 4. The normalized spacial score (nSPS) is 19.6. The third-order valence-electron chi connectivity index (χ3n) is 4.60. The van der Waals surface area contributed by atoms with E-state index in [1.54, 1.807) is 17.2 Å². The van der Waals surface area contributed by atoms with Crippen LogP contribution in [0.25, 0.3) is 11.0 Å². The third kappa shape index (κ3) is 2.40. The first-order valence-electron chi connectivity index (χ1n) is 7.90. The molecule has 0 spiro atoms. The van der Waals surface area contributed by atoms with Gasteiger partial charge in [-0.25, -0.2) is 9.97 Å². The largest absolute Gasteiger partial charge is 0.366 e. The van der Waals surface area contributed by atoms with Crippen LogP contribution in [0.15, 0.2) is 12.5 Å². The summed E-state index contributed by atoms with van der Waals surface area (Å²) in [5.41, 5.74) is 0.832. The summed E-state index contributed by atoms with van der Waals surface area (Å²) in [6, 6.07) is 0.349. The number of fused-ring (bicyclic) bond motifs is 1. The summed E-state index contributed by atoms with van der Waals surface area (Å²) < 4.78 is 1.75. The van der Waals surface area contributed by atoms with Gasteiger partial charge in [0.25, 0.3) is 0 Å². The van der Waals surface area contributed by atoms with Crippen LogP contribution in [-0.2, 0) is 11.8 Å². The molecule has 2 aromatic rings. The van der Waals surface area contributed by atoms with E-state index in [0.717, 1.165) is 55.6 Å². The molecule has 0 bridgehead atoms. The van der Waals surface area contributed by atoms with Crippen molar-refractivity contribution in [3.8, 4) is 0 Å². The molecular weight excluding hydrogens is 280 g/mol. The Labute approximate surface area is 128 Å². The van der Waals surface area contributed by atoms with Gasteiger partial charge in [-0.3, -0.25) is 9.48 Å². The van der Waals surface area contributed by atoms with Crippen LogP contribution >= 0.6 is 0 Å². The lowest BCUT2D eigenvalue weighted by atomic mass is 10.0. The standard InChI is InChI=1S/C15H20N6O/c1-20-14-12(8-18-20)13(16-9-17-14)19-11-4-6-21(7-5-11)15(22)10-2-3-10/h8-11H,2-7H2,1H3,(H,16,17,19). The van der Waals surface area contributed by atoms with E-state index in [1.807, 2.05) is 11.9 Å². The smallest absolute Gasteiger partial charge is 0.225 e. The Morgan fingerprint density at radius 3 is 2.73 bits per heavy atom. The van der Waals surface area contributed by atoms with Gasteiger partial charge < -0.3 is 10.2 Å². The van der Waals surface area contributed by atoms with Crippen LogP contribution in [0, 0.1) is 5.92 Å². The Bertz CT molecular complexity index is 699. The zero-order valence-corrected chi connectivity index (χ0v) is 12.7. The van der Waals surface area contributed by atoms with E-state index in [1.165, 1.54) is 0 Å². The number of nitrogens with zero attached hydrogens (tertiary/aromatic N) is 5. The second-order valence-corrected chi connectivity index (χ2v) is 6.25. The minimum atomic E-state index is 0.321. The molecule has 22 heavy (non-hydrogen) atoms. The lowest BCUT2D eigenvalue weighted by Gasteiger charge is -2.32. The average molecular weight is 300 g/mol. The number of piperidine rings is 1. The molecule has 2 aliphatic rings. The fraction of sp³-hybridized carbons (Fsp3) is 0.600. The van der Waals surface area contributed by atoms with Crippen molar-refractivity contribution in [2.24, 2.45) is 13.0 Å². The highest BCUT2D eigenvalue weighted by atomic mass is 16.2. The molecule has 1 saturated carbocycles.